The van der Waals surface area contributed by atoms with Crippen LogP contribution in [0.5, 0.6) is 0 Å². The van der Waals surface area contributed by atoms with Gasteiger partial charge in [0.25, 0.3) is 0 Å². The molecule has 0 aromatic carbocycles. The zero-order chi connectivity index (χ0) is 16.4. The number of aliphatic hydroxyl groups is 2. The summed E-state index contributed by atoms with van der Waals surface area (Å²) < 4.78 is 0. The second-order valence-corrected chi connectivity index (χ2v) is 7.01. The lowest BCUT2D eigenvalue weighted by molar-refractivity contribution is 0.0792. The van der Waals surface area contributed by atoms with Gasteiger partial charge in [-0.15, -0.1) is 0 Å². The van der Waals surface area contributed by atoms with Crippen molar-refractivity contribution in [3.8, 4) is 11.4 Å². The molecule has 0 saturated carbocycles. The van der Waals surface area contributed by atoms with Gasteiger partial charge in [0.2, 0.25) is 0 Å². The van der Waals surface area contributed by atoms with Crippen molar-refractivity contribution in [1.82, 2.24) is 9.97 Å². The van der Waals surface area contributed by atoms with Crippen LogP contribution in [0.4, 0.5) is 0 Å². The van der Waals surface area contributed by atoms with Gasteiger partial charge in [0.15, 0.2) is 0 Å². The number of hydrogen-bond acceptors (Lipinski definition) is 4. The van der Waals surface area contributed by atoms with Crippen molar-refractivity contribution in [2.45, 2.75) is 51.7 Å². The topological polar surface area (TPSA) is 66.2 Å². The molecule has 0 amide bonds. The van der Waals surface area contributed by atoms with E-state index in [4.69, 9.17) is 0 Å². The van der Waals surface area contributed by atoms with Crippen LogP contribution in [0.3, 0.4) is 0 Å². The highest BCUT2D eigenvalue weighted by molar-refractivity contribution is 5.54. The molecule has 0 bridgehead atoms. The highest BCUT2D eigenvalue weighted by Gasteiger charge is 2.16. The van der Waals surface area contributed by atoms with Gasteiger partial charge in [0.05, 0.1) is 22.6 Å². The van der Waals surface area contributed by atoms with Crippen LogP contribution in [0.25, 0.3) is 11.4 Å². The smallest absolute Gasteiger partial charge is 0.0889 e. The summed E-state index contributed by atoms with van der Waals surface area (Å²) in [5.41, 5.74) is 1.64. The Hall–Kier alpha value is -1.78. The molecule has 2 aromatic rings. The number of nitrogens with zero attached hydrogens (tertiary/aromatic N) is 2. The molecule has 2 rings (SSSR count). The van der Waals surface area contributed by atoms with Gasteiger partial charge >= 0.3 is 0 Å². The van der Waals surface area contributed by atoms with Gasteiger partial charge in [-0.3, -0.25) is 9.97 Å². The van der Waals surface area contributed by atoms with E-state index in [-0.39, 0.29) is 0 Å². The highest BCUT2D eigenvalue weighted by atomic mass is 16.3. The molecule has 0 unspecified atom stereocenters. The summed E-state index contributed by atoms with van der Waals surface area (Å²) in [5.74, 6) is 0. The van der Waals surface area contributed by atoms with E-state index in [0.717, 1.165) is 22.8 Å². The minimum Gasteiger partial charge on any atom is -0.390 e. The molecular formula is C18H24N2O2. The predicted octanol–water partition coefficient (Wildman–Crippen LogP) is 2.77. The largest absolute Gasteiger partial charge is 0.390 e. The maximum absolute atomic E-state index is 9.92. The van der Waals surface area contributed by atoms with E-state index in [1.165, 1.54) is 0 Å². The Morgan fingerprint density at radius 3 is 1.41 bits per heavy atom. The minimum atomic E-state index is -0.790. The van der Waals surface area contributed by atoms with Crippen LogP contribution in [0.2, 0.25) is 0 Å². The van der Waals surface area contributed by atoms with Crippen molar-refractivity contribution in [2.24, 2.45) is 0 Å². The highest BCUT2D eigenvalue weighted by Crippen LogP contribution is 2.19. The van der Waals surface area contributed by atoms with Crippen LogP contribution in [0, 0.1) is 0 Å². The molecule has 0 radical (unpaired) electrons. The Balaban J connectivity index is 2.28. The second-order valence-electron chi connectivity index (χ2n) is 7.01. The second kappa shape index (κ2) is 6.15. The van der Waals surface area contributed by atoms with E-state index < -0.39 is 11.2 Å². The average molecular weight is 300 g/mol. The first-order chi connectivity index (χ1) is 10.1. The summed E-state index contributed by atoms with van der Waals surface area (Å²) in [6, 6.07) is 11.5. The maximum Gasteiger partial charge on any atom is 0.0889 e. The summed E-state index contributed by atoms with van der Waals surface area (Å²) in [6.07, 6.45) is 0.981. The van der Waals surface area contributed by atoms with E-state index >= 15 is 0 Å². The normalized spacial score (nSPS) is 12.5. The minimum absolute atomic E-state index is 0.490. The first-order valence-electron chi connectivity index (χ1n) is 7.49. The molecule has 4 heteroatoms. The van der Waals surface area contributed by atoms with E-state index in [9.17, 15) is 10.2 Å². The third-order valence-electron chi connectivity index (χ3n) is 3.10. The van der Waals surface area contributed by atoms with Crippen LogP contribution in [0.1, 0.15) is 39.1 Å². The van der Waals surface area contributed by atoms with E-state index in [2.05, 4.69) is 9.97 Å². The van der Waals surface area contributed by atoms with Gasteiger partial charge in [0.1, 0.15) is 0 Å². The molecule has 0 saturated heterocycles. The Bertz CT molecular complexity index is 583. The summed E-state index contributed by atoms with van der Waals surface area (Å²) in [5, 5.41) is 19.8. The van der Waals surface area contributed by atoms with Crippen molar-refractivity contribution in [1.29, 1.82) is 0 Å². The number of rotatable bonds is 5. The van der Waals surface area contributed by atoms with Crippen molar-refractivity contribution >= 4 is 0 Å². The van der Waals surface area contributed by atoms with E-state index in [1.54, 1.807) is 27.7 Å². The third-order valence-corrected chi connectivity index (χ3v) is 3.10. The standard InChI is InChI=1S/C18H24N2O2/c1-17(2,21)11-13-7-5-9-15(19-13)16-10-6-8-14(20-16)12-18(3,4)22/h5-10,21-22H,11-12H2,1-4H3. The summed E-state index contributed by atoms with van der Waals surface area (Å²) in [6.45, 7) is 7.07. The summed E-state index contributed by atoms with van der Waals surface area (Å²) >= 11 is 0. The molecule has 2 aromatic heterocycles. The fourth-order valence-corrected chi connectivity index (χ4v) is 2.33. The molecule has 2 heterocycles. The SMILES string of the molecule is CC(C)(O)Cc1cccc(-c2cccc(CC(C)(C)O)n2)n1. The average Bonchev–Trinajstić information content (AvgIpc) is 2.35. The Morgan fingerprint density at radius 2 is 1.09 bits per heavy atom. The zero-order valence-electron chi connectivity index (χ0n) is 13.7. The van der Waals surface area contributed by atoms with E-state index in [1.807, 2.05) is 36.4 Å². The number of hydrogen-bond donors (Lipinski definition) is 2. The fraction of sp³-hybridized carbons (Fsp3) is 0.444. The summed E-state index contributed by atoms with van der Waals surface area (Å²) in [4.78, 5) is 9.16. The molecule has 4 nitrogen and oxygen atoms in total. The van der Waals surface area contributed by atoms with Crippen molar-refractivity contribution < 1.29 is 10.2 Å². The Labute approximate surface area is 131 Å². The monoisotopic (exact) mass is 300 g/mol. The molecule has 118 valence electrons. The maximum atomic E-state index is 9.92. The first kappa shape index (κ1) is 16.6. The van der Waals surface area contributed by atoms with Crippen molar-refractivity contribution in [3.63, 3.8) is 0 Å². The lowest BCUT2D eigenvalue weighted by atomic mass is 10.0. The van der Waals surface area contributed by atoms with Crippen LogP contribution < -0.4 is 0 Å². The zero-order valence-corrected chi connectivity index (χ0v) is 13.7. The molecule has 0 atom stereocenters. The van der Waals surface area contributed by atoms with Gasteiger partial charge in [-0.25, -0.2) is 0 Å². The molecule has 0 aliphatic carbocycles. The van der Waals surface area contributed by atoms with Crippen molar-refractivity contribution in [2.75, 3.05) is 0 Å². The summed E-state index contributed by atoms with van der Waals surface area (Å²) in [7, 11) is 0. The van der Waals surface area contributed by atoms with Gasteiger partial charge in [0, 0.05) is 24.2 Å². The van der Waals surface area contributed by atoms with Gasteiger partial charge in [-0.1, -0.05) is 12.1 Å². The Morgan fingerprint density at radius 1 is 0.727 bits per heavy atom. The molecule has 0 aliphatic heterocycles. The molecule has 0 spiro atoms. The lowest BCUT2D eigenvalue weighted by Gasteiger charge is -2.17. The van der Waals surface area contributed by atoms with Gasteiger partial charge in [-0.2, -0.15) is 0 Å². The van der Waals surface area contributed by atoms with Crippen LogP contribution in [-0.4, -0.2) is 31.4 Å². The third kappa shape index (κ3) is 5.20. The molecule has 0 aliphatic rings. The molecule has 0 fully saturated rings. The number of pyridine rings is 2. The van der Waals surface area contributed by atoms with E-state index in [0.29, 0.717) is 12.8 Å². The van der Waals surface area contributed by atoms with Crippen LogP contribution in [-0.2, 0) is 12.8 Å². The van der Waals surface area contributed by atoms with Crippen LogP contribution in [0.15, 0.2) is 36.4 Å². The molecule has 22 heavy (non-hydrogen) atoms. The molecular weight excluding hydrogens is 276 g/mol. The quantitative estimate of drug-likeness (QED) is 0.891. The molecule has 2 N–H and O–H groups in total. The fourth-order valence-electron chi connectivity index (χ4n) is 2.33. The number of aromatic nitrogens is 2. The van der Waals surface area contributed by atoms with Crippen molar-refractivity contribution in [3.05, 3.63) is 47.8 Å². The van der Waals surface area contributed by atoms with Crippen LogP contribution >= 0.6 is 0 Å². The first-order valence-corrected chi connectivity index (χ1v) is 7.49. The Kier molecular flexibility index (Phi) is 4.63. The lowest BCUT2D eigenvalue weighted by Crippen LogP contribution is -2.23. The predicted molar refractivity (Wildman–Crippen MR) is 87.5 cm³/mol. The van der Waals surface area contributed by atoms with Gasteiger partial charge < -0.3 is 10.2 Å². The van der Waals surface area contributed by atoms with Gasteiger partial charge in [-0.05, 0) is 52.0 Å².